The molecule has 1 atom stereocenters. The molecule has 1 fully saturated rings. The fourth-order valence-corrected chi connectivity index (χ4v) is 4.44. The van der Waals surface area contributed by atoms with Crippen LogP contribution in [-0.4, -0.2) is 48.9 Å². The number of carbonyl (C=O) groups excluding carboxylic acids is 1. The van der Waals surface area contributed by atoms with Crippen molar-refractivity contribution in [1.82, 2.24) is 29.9 Å². The van der Waals surface area contributed by atoms with Gasteiger partial charge in [-0.25, -0.2) is 9.67 Å². The van der Waals surface area contributed by atoms with E-state index in [1.54, 1.807) is 18.2 Å². The first kappa shape index (κ1) is 21.8. The van der Waals surface area contributed by atoms with E-state index in [0.717, 1.165) is 19.4 Å². The molecular weight excluding hydrogens is 439 g/mol. The van der Waals surface area contributed by atoms with Gasteiger partial charge in [-0.2, -0.15) is 0 Å². The molecule has 1 aliphatic rings. The first-order chi connectivity index (χ1) is 14.8. The number of nitrogens with zero attached hydrogens (tertiary/aromatic N) is 5. The third kappa shape index (κ3) is 4.60. The van der Waals surface area contributed by atoms with Crippen LogP contribution in [-0.2, 0) is 11.3 Å². The quantitative estimate of drug-likeness (QED) is 0.624. The van der Waals surface area contributed by atoms with E-state index in [4.69, 9.17) is 23.2 Å². The average Bonchev–Trinajstić information content (AvgIpc) is 3.14. The van der Waals surface area contributed by atoms with Gasteiger partial charge in [0.1, 0.15) is 5.82 Å². The Morgan fingerprint density at radius 3 is 2.74 bits per heavy atom. The van der Waals surface area contributed by atoms with E-state index < -0.39 is 0 Å². The number of rotatable bonds is 5. The zero-order chi connectivity index (χ0) is 22.1. The van der Waals surface area contributed by atoms with Crippen molar-refractivity contribution in [2.45, 2.75) is 45.6 Å². The number of halogens is 2. The van der Waals surface area contributed by atoms with Crippen LogP contribution in [0.1, 0.15) is 50.4 Å². The van der Waals surface area contributed by atoms with E-state index in [1.165, 1.54) is 4.68 Å². The van der Waals surface area contributed by atoms with Crippen molar-refractivity contribution in [3.8, 4) is 0 Å². The molecule has 1 amide bonds. The number of piperidine rings is 1. The summed E-state index contributed by atoms with van der Waals surface area (Å²) in [5.41, 5.74) is 0.877. The minimum absolute atomic E-state index is 0.0470. The second kappa shape index (κ2) is 8.96. The molecule has 3 aromatic rings. The third-order valence-electron chi connectivity index (χ3n) is 5.51. The molecule has 0 bridgehead atoms. The SMILES string of the molecule is CC(C)CC(=O)N1CCC[C@H](c2nc3c(nnn3Cc3c(Cl)cccc3Cl)c(=O)[nH]2)C1. The Hall–Kier alpha value is -2.45. The van der Waals surface area contributed by atoms with Gasteiger partial charge in [-0.1, -0.05) is 48.3 Å². The average molecular weight is 463 g/mol. The van der Waals surface area contributed by atoms with Crippen LogP contribution in [0.2, 0.25) is 10.0 Å². The number of carbonyl (C=O) groups is 1. The second-order valence-electron chi connectivity index (χ2n) is 8.35. The van der Waals surface area contributed by atoms with Crippen molar-refractivity contribution in [2.75, 3.05) is 13.1 Å². The smallest absolute Gasteiger partial charge is 0.281 e. The molecule has 2 aromatic heterocycles. The summed E-state index contributed by atoms with van der Waals surface area (Å²) in [5, 5.41) is 9.10. The minimum Gasteiger partial charge on any atom is -0.342 e. The highest BCUT2D eigenvalue weighted by molar-refractivity contribution is 6.36. The standard InChI is InChI=1S/C21H24Cl2N6O2/c1-12(2)9-17(30)28-8-4-5-13(10-28)19-24-20-18(21(31)25-19)26-27-29(20)11-14-15(22)6-3-7-16(14)23/h3,6-7,12-13H,4-5,8-11H2,1-2H3,(H,24,25,31)/t13-/m0/s1. The molecule has 8 nitrogen and oxygen atoms in total. The Kier molecular flexibility index (Phi) is 6.29. The Morgan fingerprint density at radius 2 is 2.03 bits per heavy atom. The topological polar surface area (TPSA) is 96.8 Å². The summed E-state index contributed by atoms with van der Waals surface area (Å²) >= 11 is 12.6. The minimum atomic E-state index is -0.345. The van der Waals surface area contributed by atoms with Gasteiger partial charge in [-0.15, -0.1) is 5.10 Å². The Morgan fingerprint density at radius 1 is 1.29 bits per heavy atom. The summed E-state index contributed by atoms with van der Waals surface area (Å²) in [6.07, 6.45) is 2.23. The number of hydrogen-bond acceptors (Lipinski definition) is 5. The number of amides is 1. The van der Waals surface area contributed by atoms with Gasteiger partial charge < -0.3 is 9.88 Å². The largest absolute Gasteiger partial charge is 0.342 e. The Bertz CT molecular complexity index is 1150. The van der Waals surface area contributed by atoms with Crippen LogP contribution in [0.25, 0.3) is 11.2 Å². The fraction of sp³-hybridized carbons (Fsp3) is 0.476. The van der Waals surface area contributed by atoms with E-state index >= 15 is 0 Å². The molecular formula is C21H24Cl2N6O2. The molecule has 1 saturated heterocycles. The molecule has 1 N–H and O–H groups in total. The van der Waals surface area contributed by atoms with Crippen LogP contribution in [0.5, 0.6) is 0 Å². The van der Waals surface area contributed by atoms with Crippen molar-refractivity contribution in [1.29, 1.82) is 0 Å². The zero-order valence-electron chi connectivity index (χ0n) is 17.4. The van der Waals surface area contributed by atoms with Crippen LogP contribution < -0.4 is 5.56 Å². The van der Waals surface area contributed by atoms with Gasteiger partial charge in [0.05, 0.1) is 6.54 Å². The van der Waals surface area contributed by atoms with Crippen molar-refractivity contribution >= 4 is 40.3 Å². The second-order valence-corrected chi connectivity index (χ2v) is 9.16. The lowest BCUT2D eigenvalue weighted by Crippen LogP contribution is -2.40. The maximum atomic E-state index is 12.7. The summed E-state index contributed by atoms with van der Waals surface area (Å²) in [6.45, 7) is 5.59. The van der Waals surface area contributed by atoms with Crippen molar-refractivity contribution in [3.63, 3.8) is 0 Å². The molecule has 0 radical (unpaired) electrons. The maximum absolute atomic E-state index is 12.7. The molecule has 10 heteroatoms. The van der Waals surface area contributed by atoms with Gasteiger partial charge >= 0.3 is 0 Å². The van der Waals surface area contributed by atoms with E-state index in [-0.39, 0.29) is 29.4 Å². The summed E-state index contributed by atoms with van der Waals surface area (Å²) in [7, 11) is 0. The van der Waals surface area contributed by atoms with E-state index in [0.29, 0.717) is 46.0 Å². The molecule has 0 aliphatic carbocycles. The molecule has 0 unspecified atom stereocenters. The number of nitrogens with one attached hydrogen (secondary N) is 1. The number of fused-ring (bicyclic) bond motifs is 1. The molecule has 31 heavy (non-hydrogen) atoms. The van der Waals surface area contributed by atoms with Crippen LogP contribution in [0.3, 0.4) is 0 Å². The van der Waals surface area contributed by atoms with E-state index in [2.05, 4.69) is 20.3 Å². The molecule has 0 spiro atoms. The predicted octanol–water partition coefficient (Wildman–Crippen LogP) is 3.62. The predicted molar refractivity (Wildman–Crippen MR) is 120 cm³/mol. The van der Waals surface area contributed by atoms with Crippen LogP contribution in [0.4, 0.5) is 0 Å². The number of hydrogen-bond donors (Lipinski definition) is 1. The number of H-pyrrole nitrogens is 1. The van der Waals surface area contributed by atoms with Crippen LogP contribution in [0, 0.1) is 5.92 Å². The highest BCUT2D eigenvalue weighted by Crippen LogP contribution is 2.27. The van der Waals surface area contributed by atoms with Crippen molar-refractivity contribution in [3.05, 3.63) is 50.0 Å². The number of aromatic nitrogens is 5. The van der Waals surface area contributed by atoms with Crippen LogP contribution in [0.15, 0.2) is 23.0 Å². The highest BCUT2D eigenvalue weighted by Gasteiger charge is 2.27. The lowest BCUT2D eigenvalue weighted by Gasteiger charge is -2.32. The van der Waals surface area contributed by atoms with Gasteiger partial charge in [0.15, 0.2) is 11.2 Å². The van der Waals surface area contributed by atoms with E-state index in [1.807, 2.05) is 18.7 Å². The fourth-order valence-electron chi connectivity index (χ4n) is 3.92. The molecule has 4 rings (SSSR count). The molecule has 1 aromatic carbocycles. The Labute approximate surface area is 189 Å². The van der Waals surface area contributed by atoms with Gasteiger partial charge in [0.25, 0.3) is 5.56 Å². The number of aromatic amines is 1. The Balaban J connectivity index is 1.65. The summed E-state index contributed by atoms with van der Waals surface area (Å²) < 4.78 is 1.53. The molecule has 164 valence electrons. The lowest BCUT2D eigenvalue weighted by molar-refractivity contribution is -0.133. The molecule has 0 saturated carbocycles. The summed E-state index contributed by atoms with van der Waals surface area (Å²) in [5.74, 6) is 0.949. The highest BCUT2D eigenvalue weighted by atomic mass is 35.5. The molecule has 3 heterocycles. The van der Waals surface area contributed by atoms with Crippen molar-refractivity contribution < 1.29 is 4.79 Å². The first-order valence-corrected chi connectivity index (χ1v) is 11.1. The summed E-state index contributed by atoms with van der Waals surface area (Å²) in [6, 6.07) is 5.26. The van der Waals surface area contributed by atoms with Gasteiger partial charge in [-0.05, 0) is 30.9 Å². The first-order valence-electron chi connectivity index (χ1n) is 10.4. The number of benzene rings is 1. The summed E-state index contributed by atoms with van der Waals surface area (Å²) in [4.78, 5) is 34.6. The van der Waals surface area contributed by atoms with Gasteiger partial charge in [0.2, 0.25) is 5.91 Å². The van der Waals surface area contributed by atoms with Gasteiger partial charge in [0, 0.05) is 41.0 Å². The zero-order valence-corrected chi connectivity index (χ0v) is 18.9. The monoisotopic (exact) mass is 462 g/mol. The van der Waals surface area contributed by atoms with E-state index in [9.17, 15) is 9.59 Å². The van der Waals surface area contributed by atoms with Crippen LogP contribution >= 0.6 is 23.2 Å². The number of likely N-dealkylation sites (tertiary alicyclic amines) is 1. The third-order valence-corrected chi connectivity index (χ3v) is 6.21. The van der Waals surface area contributed by atoms with Gasteiger partial charge in [-0.3, -0.25) is 9.59 Å². The lowest BCUT2D eigenvalue weighted by atomic mass is 9.96. The normalized spacial score (nSPS) is 16.9. The maximum Gasteiger partial charge on any atom is 0.281 e. The van der Waals surface area contributed by atoms with Crippen molar-refractivity contribution in [2.24, 2.45) is 5.92 Å². The molecule has 1 aliphatic heterocycles.